The van der Waals surface area contributed by atoms with Gasteiger partial charge in [0.1, 0.15) is 0 Å². The summed E-state index contributed by atoms with van der Waals surface area (Å²) in [5.74, 6) is 0.518. The lowest BCUT2D eigenvalue weighted by molar-refractivity contribution is 0.175. The molecule has 2 nitrogen and oxygen atoms in total. The maximum Gasteiger partial charge on any atom is 0.0587 e. The van der Waals surface area contributed by atoms with Crippen LogP contribution in [0.3, 0.4) is 0 Å². The van der Waals surface area contributed by atoms with E-state index in [1.165, 1.54) is 0 Å². The standard InChI is InChI=1S/C16H25Cl2NO/c1-12(2)16(3,11-19-8-9-20-4)10-13-14(17)6-5-7-15(13)18/h5-7,12,19H,8-11H2,1-4H3. The van der Waals surface area contributed by atoms with Gasteiger partial charge in [-0.2, -0.15) is 0 Å². The molecule has 0 spiro atoms. The van der Waals surface area contributed by atoms with Crippen molar-refractivity contribution in [1.82, 2.24) is 5.32 Å². The highest BCUT2D eigenvalue weighted by molar-refractivity contribution is 6.36. The molecule has 0 heterocycles. The molecule has 1 rings (SSSR count). The van der Waals surface area contributed by atoms with Gasteiger partial charge in [-0.3, -0.25) is 0 Å². The molecule has 0 aliphatic heterocycles. The van der Waals surface area contributed by atoms with Crippen molar-refractivity contribution in [2.75, 3.05) is 26.8 Å². The summed E-state index contributed by atoms with van der Waals surface area (Å²) in [6.07, 6.45) is 0.864. The summed E-state index contributed by atoms with van der Waals surface area (Å²) in [7, 11) is 1.72. The highest BCUT2D eigenvalue weighted by atomic mass is 35.5. The minimum absolute atomic E-state index is 0.0996. The van der Waals surface area contributed by atoms with Crippen LogP contribution in [0, 0.1) is 11.3 Å². The second kappa shape index (κ2) is 8.23. The molecule has 4 heteroatoms. The minimum Gasteiger partial charge on any atom is -0.383 e. The third-order valence-electron chi connectivity index (χ3n) is 4.05. The zero-order valence-corrected chi connectivity index (χ0v) is 14.3. The van der Waals surface area contributed by atoms with Crippen molar-refractivity contribution in [3.8, 4) is 0 Å². The molecule has 0 radical (unpaired) electrons. The Labute approximate surface area is 132 Å². The Morgan fingerprint density at radius 2 is 1.85 bits per heavy atom. The molecule has 0 aliphatic carbocycles. The fourth-order valence-corrected chi connectivity index (χ4v) is 2.66. The van der Waals surface area contributed by atoms with Crippen molar-refractivity contribution in [2.45, 2.75) is 27.2 Å². The van der Waals surface area contributed by atoms with Crippen molar-refractivity contribution in [1.29, 1.82) is 0 Å². The average molecular weight is 318 g/mol. The lowest BCUT2D eigenvalue weighted by Gasteiger charge is -2.35. The van der Waals surface area contributed by atoms with Gasteiger partial charge in [0.15, 0.2) is 0 Å². The summed E-state index contributed by atoms with van der Waals surface area (Å²) >= 11 is 12.6. The van der Waals surface area contributed by atoms with Crippen LogP contribution in [0.15, 0.2) is 18.2 Å². The number of hydrogen-bond acceptors (Lipinski definition) is 2. The highest BCUT2D eigenvalue weighted by Crippen LogP contribution is 2.36. The number of nitrogens with one attached hydrogen (secondary N) is 1. The Morgan fingerprint density at radius 1 is 1.25 bits per heavy atom. The van der Waals surface area contributed by atoms with Crippen LogP contribution < -0.4 is 5.32 Å². The van der Waals surface area contributed by atoms with Gasteiger partial charge in [0, 0.05) is 30.2 Å². The van der Waals surface area contributed by atoms with E-state index in [0.29, 0.717) is 5.92 Å². The molecule has 0 aromatic heterocycles. The first-order valence-electron chi connectivity index (χ1n) is 7.03. The molecule has 0 aliphatic rings. The Balaban J connectivity index is 2.80. The van der Waals surface area contributed by atoms with Gasteiger partial charge in [-0.25, -0.2) is 0 Å². The fraction of sp³-hybridized carbons (Fsp3) is 0.625. The molecule has 1 aromatic carbocycles. The van der Waals surface area contributed by atoms with Crippen molar-refractivity contribution < 1.29 is 4.74 Å². The summed E-state index contributed by atoms with van der Waals surface area (Å²) in [4.78, 5) is 0. The third kappa shape index (κ3) is 4.92. The first-order valence-corrected chi connectivity index (χ1v) is 7.79. The number of methoxy groups -OCH3 is 1. The smallest absolute Gasteiger partial charge is 0.0587 e. The molecule has 1 aromatic rings. The zero-order valence-electron chi connectivity index (χ0n) is 12.8. The Hall–Kier alpha value is -0.280. The molecule has 114 valence electrons. The monoisotopic (exact) mass is 317 g/mol. The third-order valence-corrected chi connectivity index (χ3v) is 4.76. The Morgan fingerprint density at radius 3 is 2.35 bits per heavy atom. The molecular weight excluding hydrogens is 293 g/mol. The average Bonchev–Trinajstić information content (AvgIpc) is 2.39. The van der Waals surface area contributed by atoms with E-state index in [1.54, 1.807) is 7.11 Å². The van der Waals surface area contributed by atoms with Gasteiger partial charge in [-0.15, -0.1) is 0 Å². The van der Waals surface area contributed by atoms with E-state index in [2.05, 4.69) is 26.1 Å². The number of hydrogen-bond donors (Lipinski definition) is 1. The summed E-state index contributed by atoms with van der Waals surface area (Å²) in [5.41, 5.74) is 1.14. The van der Waals surface area contributed by atoms with Crippen LogP contribution >= 0.6 is 23.2 Å². The van der Waals surface area contributed by atoms with Crippen LogP contribution in [0.4, 0.5) is 0 Å². The quantitative estimate of drug-likeness (QED) is 0.716. The molecule has 1 N–H and O–H groups in total. The maximum absolute atomic E-state index is 6.30. The lowest BCUT2D eigenvalue weighted by atomic mass is 9.74. The topological polar surface area (TPSA) is 21.3 Å². The van der Waals surface area contributed by atoms with E-state index in [-0.39, 0.29) is 5.41 Å². The predicted octanol–water partition coefficient (Wildman–Crippen LogP) is 4.43. The first-order chi connectivity index (χ1) is 9.40. The normalized spacial score (nSPS) is 14.6. The van der Waals surface area contributed by atoms with Gasteiger partial charge >= 0.3 is 0 Å². The molecule has 1 unspecified atom stereocenters. The van der Waals surface area contributed by atoms with Crippen LogP contribution in [-0.4, -0.2) is 26.8 Å². The molecule has 20 heavy (non-hydrogen) atoms. The van der Waals surface area contributed by atoms with Gasteiger partial charge in [0.25, 0.3) is 0 Å². The predicted molar refractivity (Wildman–Crippen MR) is 87.9 cm³/mol. The molecule has 0 fully saturated rings. The molecule has 0 saturated heterocycles. The van der Waals surface area contributed by atoms with Crippen LogP contribution in [0.5, 0.6) is 0 Å². The van der Waals surface area contributed by atoms with E-state index in [4.69, 9.17) is 27.9 Å². The van der Waals surface area contributed by atoms with E-state index < -0.39 is 0 Å². The lowest BCUT2D eigenvalue weighted by Crippen LogP contribution is -2.39. The Kier molecular flexibility index (Phi) is 7.32. The van der Waals surface area contributed by atoms with Crippen LogP contribution in [0.25, 0.3) is 0 Å². The van der Waals surface area contributed by atoms with Crippen molar-refractivity contribution >= 4 is 23.2 Å². The van der Waals surface area contributed by atoms with Crippen LogP contribution in [0.2, 0.25) is 10.0 Å². The fourth-order valence-electron chi connectivity index (χ4n) is 2.12. The maximum atomic E-state index is 6.30. The second-order valence-electron chi connectivity index (χ2n) is 5.86. The number of benzene rings is 1. The van der Waals surface area contributed by atoms with E-state index in [9.17, 15) is 0 Å². The van der Waals surface area contributed by atoms with E-state index in [1.807, 2.05) is 18.2 Å². The minimum atomic E-state index is 0.0996. The van der Waals surface area contributed by atoms with E-state index in [0.717, 1.165) is 41.7 Å². The summed E-state index contributed by atoms with van der Waals surface area (Å²) < 4.78 is 5.07. The van der Waals surface area contributed by atoms with Crippen molar-refractivity contribution in [3.05, 3.63) is 33.8 Å². The van der Waals surface area contributed by atoms with Gasteiger partial charge < -0.3 is 10.1 Å². The first kappa shape index (κ1) is 17.8. The van der Waals surface area contributed by atoms with Gasteiger partial charge in [0.05, 0.1) is 6.61 Å². The van der Waals surface area contributed by atoms with Gasteiger partial charge in [0.2, 0.25) is 0 Å². The number of halogens is 2. The van der Waals surface area contributed by atoms with Crippen molar-refractivity contribution in [2.24, 2.45) is 11.3 Å². The molecule has 0 amide bonds. The summed E-state index contributed by atoms with van der Waals surface area (Å²) in [6, 6.07) is 5.70. The number of ether oxygens (including phenoxy) is 1. The zero-order chi connectivity index (χ0) is 15.2. The second-order valence-corrected chi connectivity index (χ2v) is 6.67. The molecule has 1 atom stereocenters. The Bertz CT molecular complexity index is 403. The largest absolute Gasteiger partial charge is 0.383 e. The molecule has 0 saturated carbocycles. The van der Waals surface area contributed by atoms with Crippen LogP contribution in [0.1, 0.15) is 26.3 Å². The molecule has 0 bridgehead atoms. The van der Waals surface area contributed by atoms with Crippen molar-refractivity contribution in [3.63, 3.8) is 0 Å². The van der Waals surface area contributed by atoms with E-state index >= 15 is 0 Å². The highest BCUT2D eigenvalue weighted by Gasteiger charge is 2.29. The SMILES string of the molecule is COCCNCC(C)(Cc1c(Cl)cccc1Cl)C(C)C. The summed E-state index contributed by atoms with van der Waals surface area (Å²) in [5, 5.41) is 4.96. The number of rotatable bonds is 8. The summed E-state index contributed by atoms with van der Waals surface area (Å²) in [6.45, 7) is 9.24. The molecular formula is C16H25Cl2NO. The van der Waals surface area contributed by atoms with Crippen LogP contribution in [-0.2, 0) is 11.2 Å². The van der Waals surface area contributed by atoms with Gasteiger partial charge in [-0.1, -0.05) is 50.0 Å². The van der Waals surface area contributed by atoms with Gasteiger partial charge in [-0.05, 0) is 35.4 Å².